The van der Waals surface area contributed by atoms with Crippen molar-refractivity contribution < 1.29 is 52.3 Å². The number of carbonyl (C=O) groups excluding carboxylic acids is 2. The van der Waals surface area contributed by atoms with Crippen LogP contribution in [0.2, 0.25) is 0 Å². The van der Waals surface area contributed by atoms with E-state index in [0.717, 1.165) is 30.4 Å². The van der Waals surface area contributed by atoms with Crippen LogP contribution in [0.1, 0.15) is 37.3 Å². The highest BCUT2D eigenvalue weighted by atomic mass is 19.3. The number of aliphatic hydroxyl groups is 2. The van der Waals surface area contributed by atoms with Crippen molar-refractivity contribution in [2.75, 3.05) is 39.6 Å². The van der Waals surface area contributed by atoms with Crippen LogP contribution in [0.4, 0.5) is 8.78 Å². The standard InChI is InChI=1S/C36H40F2O9/c1-4-5-6-7-27-8-10-28(11-9-27)29-12-14-30(15-13-29)36(37,38)47-33-21-31(43-16-18-45-34(41)25(2)23-39)20-32(22-33)44-17-19-46-35(42)26(3)24-40/h8-15,20-22,39-40H,2-7,16-19,23-24H2,1H3. The second-order valence-corrected chi connectivity index (χ2v) is 10.5. The molecule has 0 atom stereocenters. The van der Waals surface area contributed by atoms with Gasteiger partial charge in [0.25, 0.3) is 0 Å². The van der Waals surface area contributed by atoms with E-state index in [1.165, 1.54) is 42.3 Å². The Balaban J connectivity index is 1.70. The second-order valence-electron chi connectivity index (χ2n) is 10.5. The SMILES string of the molecule is C=C(CO)C(=O)OCCOc1cc(OCCOC(=O)C(=C)CO)cc(OC(F)(F)c2ccc(-c3ccc(CCCCC)cc3)cc2)c1. The lowest BCUT2D eigenvalue weighted by Crippen LogP contribution is -2.22. The van der Waals surface area contributed by atoms with Gasteiger partial charge in [-0.3, -0.25) is 0 Å². The fraction of sp³-hybridized carbons (Fsp3) is 0.333. The Labute approximate surface area is 273 Å². The lowest BCUT2D eigenvalue weighted by molar-refractivity contribution is -0.185. The zero-order chi connectivity index (χ0) is 34.2. The van der Waals surface area contributed by atoms with Crippen LogP contribution in [0.15, 0.2) is 91.0 Å². The molecule has 0 aliphatic carbocycles. The van der Waals surface area contributed by atoms with E-state index in [9.17, 15) is 9.59 Å². The maximum Gasteiger partial charge on any atom is 0.426 e. The van der Waals surface area contributed by atoms with E-state index < -0.39 is 31.3 Å². The monoisotopic (exact) mass is 654 g/mol. The number of carbonyl (C=O) groups is 2. The predicted octanol–water partition coefficient (Wildman–Crippen LogP) is 6.16. The van der Waals surface area contributed by atoms with Gasteiger partial charge in [-0.2, -0.15) is 8.78 Å². The van der Waals surface area contributed by atoms with Gasteiger partial charge in [0.2, 0.25) is 0 Å². The molecule has 3 aromatic rings. The summed E-state index contributed by atoms with van der Waals surface area (Å²) in [4.78, 5) is 23.4. The molecule has 0 saturated carbocycles. The van der Waals surface area contributed by atoms with E-state index in [-0.39, 0.29) is 60.4 Å². The topological polar surface area (TPSA) is 121 Å². The third-order valence-electron chi connectivity index (χ3n) is 6.81. The van der Waals surface area contributed by atoms with Crippen LogP contribution in [0.3, 0.4) is 0 Å². The molecule has 252 valence electrons. The van der Waals surface area contributed by atoms with Gasteiger partial charge in [-0.25, -0.2) is 9.59 Å². The largest absolute Gasteiger partial charge is 0.490 e. The van der Waals surface area contributed by atoms with Crippen LogP contribution >= 0.6 is 0 Å². The summed E-state index contributed by atoms with van der Waals surface area (Å²) in [6.07, 6.45) is 0.704. The van der Waals surface area contributed by atoms with Gasteiger partial charge < -0.3 is 33.9 Å². The van der Waals surface area contributed by atoms with Crippen LogP contribution in [0.25, 0.3) is 11.1 Å². The Morgan fingerprint density at radius 2 is 1.17 bits per heavy atom. The van der Waals surface area contributed by atoms with Gasteiger partial charge >= 0.3 is 18.0 Å². The molecule has 9 nitrogen and oxygen atoms in total. The molecule has 11 heteroatoms. The lowest BCUT2D eigenvalue weighted by atomic mass is 10.0. The first-order valence-electron chi connectivity index (χ1n) is 15.1. The van der Waals surface area contributed by atoms with Gasteiger partial charge in [0.05, 0.1) is 29.9 Å². The van der Waals surface area contributed by atoms with Gasteiger partial charge in [-0.15, -0.1) is 0 Å². The van der Waals surface area contributed by atoms with Crippen LogP contribution in [-0.4, -0.2) is 61.8 Å². The second kappa shape index (κ2) is 18.4. The number of ether oxygens (including phenoxy) is 5. The van der Waals surface area contributed by atoms with Crippen molar-refractivity contribution in [1.29, 1.82) is 0 Å². The molecule has 3 aromatic carbocycles. The molecule has 0 aromatic heterocycles. The Hall–Kier alpha value is -4.74. The van der Waals surface area contributed by atoms with Gasteiger partial charge in [-0.05, 0) is 41.7 Å². The molecule has 0 saturated heterocycles. The smallest absolute Gasteiger partial charge is 0.426 e. The van der Waals surface area contributed by atoms with Crippen molar-refractivity contribution in [1.82, 2.24) is 0 Å². The summed E-state index contributed by atoms with van der Waals surface area (Å²) in [6.45, 7) is 7.02. The Morgan fingerprint density at radius 1 is 0.702 bits per heavy atom. The first kappa shape index (κ1) is 36.7. The Kier molecular flexibility index (Phi) is 14.4. The molecule has 0 radical (unpaired) electrons. The Morgan fingerprint density at radius 3 is 1.64 bits per heavy atom. The molecule has 0 fully saturated rings. The van der Waals surface area contributed by atoms with E-state index in [4.69, 9.17) is 33.9 Å². The van der Waals surface area contributed by atoms with E-state index in [1.807, 2.05) is 12.1 Å². The molecule has 47 heavy (non-hydrogen) atoms. The number of halogens is 2. The quantitative estimate of drug-likeness (QED) is 0.0839. The summed E-state index contributed by atoms with van der Waals surface area (Å²) in [7, 11) is 0. The van der Waals surface area contributed by atoms with E-state index in [2.05, 4.69) is 32.2 Å². The minimum Gasteiger partial charge on any atom is -0.490 e. The van der Waals surface area contributed by atoms with Crippen LogP contribution in [0.5, 0.6) is 17.2 Å². The molecular formula is C36H40F2O9. The van der Waals surface area contributed by atoms with Gasteiger partial charge in [-0.1, -0.05) is 69.3 Å². The van der Waals surface area contributed by atoms with Crippen molar-refractivity contribution in [3.05, 3.63) is 102 Å². The number of rotatable bonds is 20. The van der Waals surface area contributed by atoms with Crippen molar-refractivity contribution >= 4 is 11.9 Å². The van der Waals surface area contributed by atoms with Crippen molar-refractivity contribution in [3.63, 3.8) is 0 Å². The summed E-state index contributed by atoms with van der Waals surface area (Å²) >= 11 is 0. The fourth-order valence-electron chi connectivity index (χ4n) is 4.20. The number of unbranched alkanes of at least 4 members (excludes halogenated alkanes) is 2. The molecule has 0 bridgehead atoms. The van der Waals surface area contributed by atoms with E-state index >= 15 is 8.78 Å². The van der Waals surface area contributed by atoms with Gasteiger partial charge in [0.15, 0.2) is 0 Å². The number of aliphatic hydroxyl groups excluding tert-OH is 2. The minimum atomic E-state index is -3.74. The molecule has 0 aliphatic heterocycles. The number of benzene rings is 3. The zero-order valence-electron chi connectivity index (χ0n) is 26.3. The average Bonchev–Trinajstić information content (AvgIpc) is 3.07. The first-order valence-corrected chi connectivity index (χ1v) is 15.1. The third kappa shape index (κ3) is 11.8. The molecule has 2 N–H and O–H groups in total. The molecule has 0 spiro atoms. The molecular weight excluding hydrogens is 614 g/mol. The highest BCUT2D eigenvalue weighted by Gasteiger charge is 2.35. The minimum absolute atomic E-state index is 0.0597. The number of hydrogen-bond acceptors (Lipinski definition) is 9. The molecule has 0 aliphatic rings. The average molecular weight is 655 g/mol. The zero-order valence-corrected chi connectivity index (χ0v) is 26.3. The number of aryl methyl sites for hydroxylation is 1. The van der Waals surface area contributed by atoms with E-state index in [0.29, 0.717) is 0 Å². The summed E-state index contributed by atoms with van der Waals surface area (Å²) < 4.78 is 56.9. The Bertz CT molecular complexity index is 1430. The van der Waals surface area contributed by atoms with E-state index in [1.54, 1.807) is 12.1 Å². The van der Waals surface area contributed by atoms with Crippen LogP contribution in [-0.2, 0) is 31.6 Å². The highest BCUT2D eigenvalue weighted by molar-refractivity contribution is 5.88. The first-order chi connectivity index (χ1) is 22.6. The van der Waals surface area contributed by atoms with Crippen molar-refractivity contribution in [3.8, 4) is 28.4 Å². The number of alkyl halides is 2. The fourth-order valence-corrected chi connectivity index (χ4v) is 4.20. The summed E-state index contributed by atoms with van der Waals surface area (Å²) in [6, 6.07) is 17.7. The van der Waals surface area contributed by atoms with Crippen molar-refractivity contribution in [2.24, 2.45) is 0 Å². The number of esters is 2. The number of hydrogen-bond donors (Lipinski definition) is 2. The lowest BCUT2D eigenvalue weighted by Gasteiger charge is -2.20. The maximum atomic E-state index is 15.4. The molecule has 3 rings (SSSR count). The summed E-state index contributed by atoms with van der Waals surface area (Å²) in [5.41, 5.74) is 2.27. The molecule has 0 amide bonds. The predicted molar refractivity (Wildman–Crippen MR) is 171 cm³/mol. The van der Waals surface area contributed by atoms with Gasteiger partial charge in [0.1, 0.15) is 43.7 Å². The summed E-state index contributed by atoms with van der Waals surface area (Å²) in [5, 5.41) is 18.0. The normalized spacial score (nSPS) is 11.0. The third-order valence-corrected chi connectivity index (χ3v) is 6.81. The molecule has 0 unspecified atom stereocenters. The van der Waals surface area contributed by atoms with Crippen LogP contribution in [0, 0.1) is 0 Å². The van der Waals surface area contributed by atoms with Crippen LogP contribution < -0.4 is 14.2 Å². The maximum absolute atomic E-state index is 15.4. The summed E-state index contributed by atoms with van der Waals surface area (Å²) in [5.74, 6) is -1.78. The van der Waals surface area contributed by atoms with Crippen molar-refractivity contribution in [2.45, 2.75) is 38.7 Å². The highest BCUT2D eigenvalue weighted by Crippen LogP contribution is 2.36. The van der Waals surface area contributed by atoms with Gasteiger partial charge in [0, 0.05) is 18.2 Å². The molecule has 0 heterocycles.